The van der Waals surface area contributed by atoms with Gasteiger partial charge in [0.25, 0.3) is 0 Å². The van der Waals surface area contributed by atoms with E-state index in [4.69, 9.17) is 0 Å². The van der Waals surface area contributed by atoms with Crippen molar-refractivity contribution in [2.45, 2.75) is 39.2 Å². The highest BCUT2D eigenvalue weighted by Crippen LogP contribution is 2.44. The number of hydrogen-bond acceptors (Lipinski definition) is 5. The molecule has 0 radical (unpaired) electrons. The van der Waals surface area contributed by atoms with E-state index in [1.165, 1.54) is 6.92 Å². The highest BCUT2D eigenvalue weighted by Gasteiger charge is 2.33. The number of carbonyl (C=O) groups is 2. The Labute approximate surface area is 110 Å². The van der Waals surface area contributed by atoms with Gasteiger partial charge in [0.15, 0.2) is 5.78 Å². The average Bonchev–Trinajstić information content (AvgIpc) is 2.34. The van der Waals surface area contributed by atoms with Gasteiger partial charge in [-0.3, -0.25) is 9.59 Å². The molecule has 0 fully saturated rings. The SMILES string of the molecule is CC(=O)Cc1c(C)c(O)c2c(c1O)C(=O)CC[C@@H]2O. The predicted molar refractivity (Wildman–Crippen MR) is 67.4 cm³/mol. The van der Waals surface area contributed by atoms with Crippen LogP contribution >= 0.6 is 0 Å². The first-order valence-corrected chi connectivity index (χ1v) is 6.12. The zero-order chi connectivity index (χ0) is 14.3. The number of aliphatic hydroxyl groups is 1. The summed E-state index contributed by atoms with van der Waals surface area (Å²) >= 11 is 0. The summed E-state index contributed by atoms with van der Waals surface area (Å²) < 4.78 is 0. The maximum atomic E-state index is 11.9. The van der Waals surface area contributed by atoms with Crippen molar-refractivity contribution in [3.8, 4) is 11.5 Å². The van der Waals surface area contributed by atoms with Gasteiger partial charge in [0.05, 0.1) is 11.7 Å². The van der Waals surface area contributed by atoms with Crippen LogP contribution in [0.4, 0.5) is 0 Å². The van der Waals surface area contributed by atoms with Gasteiger partial charge in [0, 0.05) is 24.0 Å². The molecule has 2 rings (SSSR count). The molecule has 0 amide bonds. The van der Waals surface area contributed by atoms with E-state index >= 15 is 0 Å². The van der Waals surface area contributed by atoms with Crippen LogP contribution < -0.4 is 0 Å². The van der Waals surface area contributed by atoms with E-state index in [0.29, 0.717) is 5.56 Å². The average molecular weight is 264 g/mol. The Balaban J connectivity index is 2.75. The number of hydrogen-bond donors (Lipinski definition) is 3. The monoisotopic (exact) mass is 264 g/mol. The molecule has 3 N–H and O–H groups in total. The van der Waals surface area contributed by atoms with Gasteiger partial charge in [-0.05, 0) is 25.8 Å². The van der Waals surface area contributed by atoms with Crippen LogP contribution in [-0.4, -0.2) is 26.9 Å². The number of aromatic hydroxyl groups is 2. The molecule has 5 heteroatoms. The molecule has 0 heterocycles. The minimum absolute atomic E-state index is 0.0434. The van der Waals surface area contributed by atoms with E-state index in [1.54, 1.807) is 6.92 Å². The summed E-state index contributed by atoms with van der Waals surface area (Å²) in [4.78, 5) is 23.1. The van der Waals surface area contributed by atoms with Crippen LogP contribution in [0.15, 0.2) is 0 Å². The normalized spacial score (nSPS) is 18.3. The second-order valence-corrected chi connectivity index (χ2v) is 4.95. The Hall–Kier alpha value is -1.88. The van der Waals surface area contributed by atoms with E-state index in [-0.39, 0.29) is 59.0 Å². The fraction of sp³-hybridized carbons (Fsp3) is 0.429. The molecule has 0 aromatic heterocycles. The Bertz CT molecular complexity index is 574. The third kappa shape index (κ3) is 2.10. The summed E-state index contributed by atoms with van der Waals surface area (Å²) in [7, 11) is 0. The highest BCUT2D eigenvalue weighted by atomic mass is 16.3. The second-order valence-electron chi connectivity index (χ2n) is 4.95. The lowest BCUT2D eigenvalue weighted by molar-refractivity contribution is -0.116. The molecule has 19 heavy (non-hydrogen) atoms. The number of benzene rings is 1. The smallest absolute Gasteiger partial charge is 0.167 e. The largest absolute Gasteiger partial charge is 0.507 e. The molecular formula is C14H16O5. The lowest BCUT2D eigenvalue weighted by Crippen LogP contribution is -2.18. The van der Waals surface area contributed by atoms with Crippen LogP contribution in [0.2, 0.25) is 0 Å². The van der Waals surface area contributed by atoms with Gasteiger partial charge >= 0.3 is 0 Å². The van der Waals surface area contributed by atoms with E-state index in [9.17, 15) is 24.9 Å². The summed E-state index contributed by atoms with van der Waals surface area (Å²) in [5.41, 5.74) is 0.628. The highest BCUT2D eigenvalue weighted by molar-refractivity contribution is 6.03. The number of ketones is 2. The first kappa shape index (κ1) is 13.5. The fourth-order valence-electron chi connectivity index (χ4n) is 2.53. The zero-order valence-corrected chi connectivity index (χ0v) is 10.9. The molecule has 1 aliphatic rings. The van der Waals surface area contributed by atoms with Crippen molar-refractivity contribution in [2.75, 3.05) is 0 Å². The van der Waals surface area contributed by atoms with Crippen LogP contribution in [0.1, 0.15) is 52.9 Å². The van der Waals surface area contributed by atoms with Crippen LogP contribution in [-0.2, 0) is 11.2 Å². The van der Waals surface area contributed by atoms with E-state index in [1.807, 2.05) is 0 Å². The van der Waals surface area contributed by atoms with Crippen LogP contribution in [0, 0.1) is 6.92 Å². The number of aliphatic hydroxyl groups excluding tert-OH is 1. The summed E-state index contributed by atoms with van der Waals surface area (Å²) in [5.74, 6) is -0.992. The van der Waals surface area contributed by atoms with E-state index < -0.39 is 6.10 Å². The third-order valence-corrected chi connectivity index (χ3v) is 3.54. The molecule has 0 bridgehead atoms. The number of carbonyl (C=O) groups excluding carboxylic acids is 2. The Morgan fingerprint density at radius 1 is 1.32 bits per heavy atom. The van der Waals surface area contributed by atoms with Crippen molar-refractivity contribution in [3.05, 3.63) is 22.3 Å². The first-order valence-electron chi connectivity index (χ1n) is 6.12. The molecule has 0 saturated carbocycles. The van der Waals surface area contributed by atoms with Crippen molar-refractivity contribution in [1.29, 1.82) is 0 Å². The minimum atomic E-state index is -0.969. The Kier molecular flexibility index (Phi) is 3.32. The van der Waals surface area contributed by atoms with Crippen LogP contribution in [0.3, 0.4) is 0 Å². The molecule has 1 aliphatic carbocycles. The van der Waals surface area contributed by atoms with Crippen molar-refractivity contribution in [1.82, 2.24) is 0 Å². The fourth-order valence-corrected chi connectivity index (χ4v) is 2.53. The minimum Gasteiger partial charge on any atom is -0.507 e. The molecule has 1 aromatic carbocycles. The van der Waals surface area contributed by atoms with Crippen LogP contribution in [0.5, 0.6) is 11.5 Å². The lowest BCUT2D eigenvalue weighted by atomic mass is 9.83. The number of fused-ring (bicyclic) bond motifs is 1. The maximum absolute atomic E-state index is 11.9. The molecule has 5 nitrogen and oxygen atoms in total. The molecule has 1 atom stereocenters. The molecular weight excluding hydrogens is 248 g/mol. The topological polar surface area (TPSA) is 94.8 Å². The summed E-state index contributed by atoms with van der Waals surface area (Å²) in [6, 6.07) is 0. The van der Waals surface area contributed by atoms with Crippen LogP contribution in [0.25, 0.3) is 0 Å². The summed E-state index contributed by atoms with van der Waals surface area (Å²) in [5, 5.41) is 30.2. The Morgan fingerprint density at radius 3 is 2.53 bits per heavy atom. The molecule has 0 saturated heterocycles. The number of phenols is 2. The van der Waals surface area contributed by atoms with Gasteiger partial charge in [0.1, 0.15) is 17.3 Å². The quantitative estimate of drug-likeness (QED) is 0.704. The van der Waals surface area contributed by atoms with Crippen molar-refractivity contribution < 1.29 is 24.9 Å². The van der Waals surface area contributed by atoms with Gasteiger partial charge in [-0.15, -0.1) is 0 Å². The standard InChI is InChI=1S/C14H16O5/c1-6(15)5-8-7(2)13(18)11-9(16)3-4-10(17)12(11)14(8)19/h9,16,18-19H,3-5H2,1-2H3/t9-/m0/s1. The predicted octanol–water partition coefficient (Wildman–Crippen LogP) is 1.55. The van der Waals surface area contributed by atoms with E-state index in [2.05, 4.69) is 0 Å². The van der Waals surface area contributed by atoms with Gasteiger partial charge < -0.3 is 15.3 Å². The molecule has 0 aliphatic heterocycles. The van der Waals surface area contributed by atoms with Gasteiger partial charge in [0.2, 0.25) is 0 Å². The molecule has 0 spiro atoms. The second kappa shape index (κ2) is 4.66. The third-order valence-electron chi connectivity index (χ3n) is 3.54. The molecule has 1 aromatic rings. The Morgan fingerprint density at radius 2 is 1.95 bits per heavy atom. The molecule has 102 valence electrons. The molecule has 0 unspecified atom stereocenters. The maximum Gasteiger partial charge on any atom is 0.167 e. The van der Waals surface area contributed by atoms with Crippen molar-refractivity contribution >= 4 is 11.6 Å². The van der Waals surface area contributed by atoms with Crippen molar-refractivity contribution in [2.24, 2.45) is 0 Å². The van der Waals surface area contributed by atoms with E-state index in [0.717, 1.165) is 0 Å². The first-order chi connectivity index (χ1) is 8.84. The summed E-state index contributed by atoms with van der Waals surface area (Å²) in [6.07, 6.45) is -0.681. The lowest BCUT2D eigenvalue weighted by Gasteiger charge is -2.25. The van der Waals surface area contributed by atoms with Gasteiger partial charge in [-0.1, -0.05) is 0 Å². The number of phenolic OH excluding ortho intramolecular Hbond substituents is 2. The van der Waals surface area contributed by atoms with Gasteiger partial charge in [-0.2, -0.15) is 0 Å². The summed E-state index contributed by atoms with van der Waals surface area (Å²) in [6.45, 7) is 2.92. The zero-order valence-electron chi connectivity index (χ0n) is 10.9. The van der Waals surface area contributed by atoms with Crippen molar-refractivity contribution in [3.63, 3.8) is 0 Å². The number of rotatable bonds is 2. The number of Topliss-reactive ketones (excluding diaryl/α,β-unsaturated/α-hetero) is 2. The van der Waals surface area contributed by atoms with Gasteiger partial charge in [-0.25, -0.2) is 0 Å².